The van der Waals surface area contributed by atoms with E-state index in [0.717, 1.165) is 22.4 Å². The van der Waals surface area contributed by atoms with Gasteiger partial charge in [0, 0.05) is 18.7 Å². The first kappa shape index (κ1) is 26.3. The third kappa shape index (κ3) is 7.37. The lowest BCUT2D eigenvalue weighted by Crippen LogP contribution is -2.38. The van der Waals surface area contributed by atoms with E-state index >= 15 is 0 Å². The molecule has 0 aliphatic rings. The number of benzene rings is 3. The van der Waals surface area contributed by atoms with E-state index in [0.29, 0.717) is 24.5 Å². The van der Waals surface area contributed by atoms with Crippen LogP contribution in [0.4, 0.5) is 0 Å². The zero-order valence-electron chi connectivity index (χ0n) is 20.8. The molecular formula is C29H32N2O5. The minimum Gasteiger partial charge on any atom is -0.496 e. The van der Waals surface area contributed by atoms with Gasteiger partial charge in [0.05, 0.1) is 14.2 Å². The Bertz CT molecular complexity index is 1190. The van der Waals surface area contributed by atoms with Crippen molar-refractivity contribution in [1.82, 2.24) is 4.90 Å². The van der Waals surface area contributed by atoms with Crippen molar-refractivity contribution in [3.63, 3.8) is 0 Å². The smallest absolute Gasteiger partial charge is 0.255 e. The van der Waals surface area contributed by atoms with Gasteiger partial charge in [0.1, 0.15) is 5.75 Å². The highest BCUT2D eigenvalue weighted by Gasteiger charge is 2.20. The fourth-order valence-corrected chi connectivity index (χ4v) is 3.85. The third-order valence-corrected chi connectivity index (χ3v) is 5.69. The second-order valence-corrected chi connectivity index (χ2v) is 8.32. The molecule has 7 heteroatoms. The Hall–Kier alpha value is -4.26. The number of rotatable bonds is 12. The molecule has 1 atom stereocenters. The average molecular weight is 489 g/mol. The fraction of sp³-hybridized carbons (Fsp3) is 0.241. The maximum Gasteiger partial charge on any atom is 0.255 e. The van der Waals surface area contributed by atoms with Crippen molar-refractivity contribution in [3.05, 3.63) is 95.6 Å². The second-order valence-electron chi connectivity index (χ2n) is 8.32. The van der Waals surface area contributed by atoms with Crippen LogP contribution in [0.1, 0.15) is 23.6 Å². The van der Waals surface area contributed by atoms with Crippen molar-refractivity contribution in [2.24, 2.45) is 5.73 Å². The van der Waals surface area contributed by atoms with E-state index < -0.39 is 5.91 Å². The standard InChI is InChI=1S/C29H32N2O5/c1-21(17-24-11-7-8-12-25(24)34-2)31(19-23-9-5-4-6-10-23)29(33)16-14-22-13-15-26(27(18-22)35-3)36-20-28(30)32/h4-16,18,21H,17,19-20H2,1-3H3,(H2,30,32)/b16-14+. The van der Waals surface area contributed by atoms with Gasteiger partial charge in [0.2, 0.25) is 5.91 Å². The Labute approximate surface area is 212 Å². The van der Waals surface area contributed by atoms with Gasteiger partial charge in [-0.3, -0.25) is 9.59 Å². The Kier molecular flexibility index (Phi) is 9.51. The molecule has 0 heterocycles. The largest absolute Gasteiger partial charge is 0.496 e. The number of para-hydroxylation sites is 1. The van der Waals surface area contributed by atoms with Crippen molar-refractivity contribution < 1.29 is 23.8 Å². The number of ether oxygens (including phenoxy) is 3. The molecule has 0 saturated heterocycles. The van der Waals surface area contributed by atoms with E-state index in [9.17, 15) is 9.59 Å². The molecule has 0 aliphatic carbocycles. The van der Waals surface area contributed by atoms with Gasteiger partial charge in [-0.1, -0.05) is 54.6 Å². The van der Waals surface area contributed by atoms with Gasteiger partial charge in [-0.15, -0.1) is 0 Å². The maximum atomic E-state index is 13.4. The number of nitrogens with two attached hydrogens (primary N) is 1. The monoisotopic (exact) mass is 488 g/mol. The lowest BCUT2D eigenvalue weighted by molar-refractivity contribution is -0.128. The van der Waals surface area contributed by atoms with Gasteiger partial charge in [-0.2, -0.15) is 0 Å². The van der Waals surface area contributed by atoms with Crippen molar-refractivity contribution in [3.8, 4) is 17.2 Å². The molecule has 0 bridgehead atoms. The van der Waals surface area contributed by atoms with Crippen LogP contribution in [0.2, 0.25) is 0 Å². The molecule has 2 N–H and O–H groups in total. The summed E-state index contributed by atoms with van der Waals surface area (Å²) in [5, 5.41) is 0. The highest BCUT2D eigenvalue weighted by Crippen LogP contribution is 2.28. The van der Waals surface area contributed by atoms with E-state index in [4.69, 9.17) is 19.9 Å². The Morgan fingerprint density at radius 1 is 0.917 bits per heavy atom. The van der Waals surface area contributed by atoms with E-state index in [-0.39, 0.29) is 18.6 Å². The summed E-state index contributed by atoms with van der Waals surface area (Å²) >= 11 is 0. The zero-order chi connectivity index (χ0) is 25.9. The van der Waals surface area contributed by atoms with Crippen LogP contribution < -0.4 is 19.9 Å². The Morgan fingerprint density at radius 2 is 1.61 bits per heavy atom. The van der Waals surface area contributed by atoms with Crippen LogP contribution in [-0.2, 0) is 22.6 Å². The highest BCUT2D eigenvalue weighted by molar-refractivity contribution is 5.92. The molecule has 3 aromatic carbocycles. The van der Waals surface area contributed by atoms with Crippen molar-refractivity contribution >= 4 is 17.9 Å². The topological polar surface area (TPSA) is 91.1 Å². The first-order valence-electron chi connectivity index (χ1n) is 11.6. The molecule has 36 heavy (non-hydrogen) atoms. The lowest BCUT2D eigenvalue weighted by atomic mass is 10.0. The van der Waals surface area contributed by atoms with Crippen LogP contribution in [0, 0.1) is 0 Å². The number of methoxy groups -OCH3 is 2. The summed E-state index contributed by atoms with van der Waals surface area (Å²) in [7, 11) is 3.16. The van der Waals surface area contributed by atoms with Crippen molar-refractivity contribution in [1.29, 1.82) is 0 Å². The number of nitrogens with zero attached hydrogens (tertiary/aromatic N) is 1. The normalized spacial score (nSPS) is 11.6. The zero-order valence-corrected chi connectivity index (χ0v) is 20.8. The number of carbonyl (C=O) groups is 2. The molecule has 0 aliphatic heterocycles. The van der Waals surface area contributed by atoms with E-state index in [1.54, 1.807) is 37.5 Å². The molecule has 0 radical (unpaired) electrons. The lowest BCUT2D eigenvalue weighted by Gasteiger charge is -2.29. The number of amides is 2. The van der Waals surface area contributed by atoms with Crippen LogP contribution in [0.5, 0.6) is 17.2 Å². The van der Waals surface area contributed by atoms with Gasteiger partial charge < -0.3 is 24.8 Å². The summed E-state index contributed by atoms with van der Waals surface area (Å²) in [6.07, 6.45) is 3.94. The highest BCUT2D eigenvalue weighted by atomic mass is 16.5. The van der Waals surface area contributed by atoms with Crippen LogP contribution in [0.15, 0.2) is 78.9 Å². The summed E-state index contributed by atoms with van der Waals surface area (Å²) in [6.45, 7) is 2.27. The molecule has 3 aromatic rings. The van der Waals surface area contributed by atoms with Gasteiger partial charge in [0.25, 0.3) is 5.91 Å². The van der Waals surface area contributed by atoms with Gasteiger partial charge >= 0.3 is 0 Å². The number of primary amides is 1. The summed E-state index contributed by atoms with van der Waals surface area (Å²) in [4.78, 5) is 26.3. The molecule has 3 rings (SSSR count). The summed E-state index contributed by atoms with van der Waals surface area (Å²) in [5.74, 6) is 0.951. The van der Waals surface area contributed by atoms with E-state index in [1.807, 2.05) is 66.4 Å². The summed E-state index contributed by atoms with van der Waals surface area (Å²) < 4.78 is 16.2. The molecule has 0 spiro atoms. The predicted octanol–water partition coefficient (Wildman–Crippen LogP) is 4.24. The number of hydrogen-bond donors (Lipinski definition) is 1. The number of hydrogen-bond acceptors (Lipinski definition) is 5. The van der Waals surface area contributed by atoms with Gasteiger partial charge in [-0.25, -0.2) is 0 Å². The molecular weight excluding hydrogens is 456 g/mol. The molecule has 0 fully saturated rings. The molecule has 7 nitrogen and oxygen atoms in total. The van der Waals surface area contributed by atoms with Gasteiger partial charge in [-0.05, 0) is 54.3 Å². The molecule has 0 saturated carbocycles. The Morgan fingerprint density at radius 3 is 2.31 bits per heavy atom. The molecule has 0 aromatic heterocycles. The fourth-order valence-electron chi connectivity index (χ4n) is 3.85. The van der Waals surface area contributed by atoms with Crippen LogP contribution >= 0.6 is 0 Å². The number of carbonyl (C=O) groups excluding carboxylic acids is 2. The third-order valence-electron chi connectivity index (χ3n) is 5.69. The van der Waals surface area contributed by atoms with Crippen molar-refractivity contribution in [2.45, 2.75) is 25.9 Å². The predicted molar refractivity (Wildman–Crippen MR) is 140 cm³/mol. The summed E-state index contributed by atoms with van der Waals surface area (Å²) in [6, 6.07) is 22.9. The molecule has 2 amide bonds. The van der Waals surface area contributed by atoms with E-state index in [2.05, 4.69) is 0 Å². The molecule has 188 valence electrons. The first-order chi connectivity index (χ1) is 17.4. The van der Waals surface area contributed by atoms with E-state index in [1.165, 1.54) is 7.11 Å². The molecule has 1 unspecified atom stereocenters. The maximum absolute atomic E-state index is 13.4. The SMILES string of the molecule is COc1ccccc1CC(C)N(Cc1ccccc1)C(=O)/C=C/c1ccc(OCC(N)=O)c(OC)c1. The minimum absolute atomic E-state index is 0.0854. The first-order valence-corrected chi connectivity index (χ1v) is 11.6. The summed E-state index contributed by atoms with van der Waals surface area (Å²) in [5.41, 5.74) is 7.99. The van der Waals surface area contributed by atoms with Crippen LogP contribution in [0.3, 0.4) is 0 Å². The van der Waals surface area contributed by atoms with Gasteiger partial charge in [0.15, 0.2) is 18.1 Å². The minimum atomic E-state index is -0.577. The van der Waals surface area contributed by atoms with Crippen molar-refractivity contribution in [2.75, 3.05) is 20.8 Å². The van der Waals surface area contributed by atoms with Crippen LogP contribution in [0.25, 0.3) is 6.08 Å². The van der Waals surface area contributed by atoms with Crippen LogP contribution in [-0.4, -0.2) is 43.6 Å². The average Bonchev–Trinajstić information content (AvgIpc) is 2.90. The quantitative estimate of drug-likeness (QED) is 0.385. The second kappa shape index (κ2) is 13.0. The Balaban J connectivity index is 1.81.